The van der Waals surface area contributed by atoms with E-state index in [0.717, 1.165) is 19.6 Å². The van der Waals surface area contributed by atoms with Gasteiger partial charge in [-0.15, -0.1) is 0 Å². The minimum Gasteiger partial charge on any atom is -0.385 e. The van der Waals surface area contributed by atoms with Crippen molar-refractivity contribution in [2.75, 3.05) is 33.4 Å². The van der Waals surface area contributed by atoms with Crippen LogP contribution >= 0.6 is 0 Å². The van der Waals surface area contributed by atoms with Crippen molar-refractivity contribution in [2.24, 2.45) is 0 Å². The maximum atomic E-state index is 5.52. The van der Waals surface area contributed by atoms with Crippen LogP contribution in [0.2, 0.25) is 32.7 Å². The molecule has 0 aromatic heterocycles. The molecule has 0 saturated carbocycles. The standard InChI is InChI=1S/C11H31N3O3Si2/c1-15-10-7-8-13-19(5,6)14-16-11-9-12-17-18(2,3)4/h12-14H,7-11H2,1-6H3. The van der Waals surface area contributed by atoms with Crippen molar-refractivity contribution < 1.29 is 14.1 Å². The van der Waals surface area contributed by atoms with E-state index in [1.165, 1.54) is 0 Å². The van der Waals surface area contributed by atoms with E-state index in [1.807, 2.05) is 0 Å². The molecule has 0 amide bonds. The van der Waals surface area contributed by atoms with Crippen LogP contribution in [-0.2, 0) is 14.1 Å². The highest BCUT2D eigenvalue weighted by Crippen LogP contribution is 1.98. The molecule has 0 fully saturated rings. The maximum absolute atomic E-state index is 5.52. The molecule has 6 nitrogen and oxygen atoms in total. The minimum absolute atomic E-state index is 0.584. The molecule has 0 heterocycles. The van der Waals surface area contributed by atoms with Crippen LogP contribution in [0.4, 0.5) is 0 Å². The summed E-state index contributed by atoms with van der Waals surface area (Å²) in [5.74, 6) is 0. The second-order valence-electron chi connectivity index (χ2n) is 5.96. The van der Waals surface area contributed by atoms with Gasteiger partial charge in [0.25, 0.3) is 0 Å². The Balaban J connectivity index is 3.47. The fourth-order valence-electron chi connectivity index (χ4n) is 1.25. The molecule has 8 heteroatoms. The van der Waals surface area contributed by atoms with Crippen molar-refractivity contribution in [3.8, 4) is 0 Å². The predicted octanol–water partition coefficient (Wildman–Crippen LogP) is 1.19. The fraction of sp³-hybridized carbons (Fsp3) is 1.00. The molecule has 0 radical (unpaired) electrons. The van der Waals surface area contributed by atoms with Crippen molar-refractivity contribution in [1.82, 2.24) is 15.6 Å². The van der Waals surface area contributed by atoms with Gasteiger partial charge in [-0.2, -0.15) is 0 Å². The lowest BCUT2D eigenvalue weighted by Crippen LogP contribution is -2.58. The third-order valence-electron chi connectivity index (χ3n) is 2.10. The van der Waals surface area contributed by atoms with E-state index in [9.17, 15) is 0 Å². The molecule has 0 saturated heterocycles. The first-order chi connectivity index (χ1) is 8.77. The lowest BCUT2D eigenvalue weighted by atomic mass is 10.5. The molecule has 0 atom stereocenters. The molecule has 0 aliphatic heterocycles. The number of methoxy groups -OCH3 is 1. The van der Waals surface area contributed by atoms with E-state index >= 15 is 0 Å². The van der Waals surface area contributed by atoms with Gasteiger partial charge >= 0.3 is 0 Å². The van der Waals surface area contributed by atoms with Crippen LogP contribution in [0.15, 0.2) is 0 Å². The smallest absolute Gasteiger partial charge is 0.221 e. The monoisotopic (exact) mass is 309 g/mol. The Kier molecular flexibility index (Phi) is 10.1. The van der Waals surface area contributed by atoms with Gasteiger partial charge < -0.3 is 19.1 Å². The van der Waals surface area contributed by atoms with E-state index in [1.54, 1.807) is 7.11 Å². The van der Waals surface area contributed by atoms with Crippen LogP contribution in [0.1, 0.15) is 6.42 Å². The summed E-state index contributed by atoms with van der Waals surface area (Å²) in [5, 5.41) is 3.14. The first kappa shape index (κ1) is 19.2. The van der Waals surface area contributed by atoms with E-state index < -0.39 is 16.7 Å². The number of nitrogens with one attached hydrogen (secondary N) is 3. The molecule has 0 aromatic rings. The molecular weight excluding hydrogens is 278 g/mol. The summed E-state index contributed by atoms with van der Waals surface area (Å²) in [6, 6.07) is 0. The van der Waals surface area contributed by atoms with E-state index in [0.29, 0.717) is 13.2 Å². The Hall–Kier alpha value is 0.194. The Labute approximate surface area is 119 Å². The average molecular weight is 310 g/mol. The van der Waals surface area contributed by atoms with Crippen molar-refractivity contribution in [3.05, 3.63) is 0 Å². The summed E-state index contributed by atoms with van der Waals surface area (Å²) < 4.78 is 10.5. The molecule has 0 unspecified atom stereocenters. The molecule has 19 heavy (non-hydrogen) atoms. The van der Waals surface area contributed by atoms with Gasteiger partial charge in [-0.05, 0) is 45.7 Å². The summed E-state index contributed by atoms with van der Waals surface area (Å²) >= 11 is 0. The highest BCUT2D eigenvalue weighted by atomic mass is 28.4. The lowest BCUT2D eigenvalue weighted by Gasteiger charge is -2.24. The topological polar surface area (TPSA) is 63.8 Å². The van der Waals surface area contributed by atoms with E-state index in [-0.39, 0.29) is 0 Å². The molecule has 116 valence electrons. The Morgan fingerprint density at radius 1 is 0.947 bits per heavy atom. The number of hydroxylamine groups is 1. The third-order valence-corrected chi connectivity index (χ3v) is 4.65. The number of ether oxygens (including phenoxy) is 1. The number of hydrogen-bond donors (Lipinski definition) is 3. The highest BCUT2D eigenvalue weighted by Gasteiger charge is 2.20. The van der Waals surface area contributed by atoms with E-state index in [4.69, 9.17) is 14.1 Å². The summed E-state index contributed by atoms with van der Waals surface area (Å²) in [6.07, 6.45) is 1.01. The van der Waals surface area contributed by atoms with E-state index in [2.05, 4.69) is 48.3 Å². The van der Waals surface area contributed by atoms with Gasteiger partial charge in [-0.3, -0.25) is 0 Å². The second-order valence-corrected chi connectivity index (χ2v) is 14.2. The van der Waals surface area contributed by atoms with Gasteiger partial charge in [0, 0.05) is 20.3 Å². The zero-order valence-electron chi connectivity index (χ0n) is 13.3. The predicted molar refractivity (Wildman–Crippen MR) is 83.5 cm³/mol. The largest absolute Gasteiger partial charge is 0.385 e. The fourth-order valence-corrected chi connectivity index (χ4v) is 3.12. The number of hydrogen-bond acceptors (Lipinski definition) is 6. The molecule has 0 aliphatic carbocycles. The van der Waals surface area contributed by atoms with Crippen LogP contribution in [-0.4, -0.2) is 50.1 Å². The van der Waals surface area contributed by atoms with Gasteiger partial charge in [0.05, 0.1) is 6.61 Å². The third kappa shape index (κ3) is 14.4. The van der Waals surface area contributed by atoms with Crippen LogP contribution in [0.5, 0.6) is 0 Å². The zero-order valence-corrected chi connectivity index (χ0v) is 15.3. The van der Waals surface area contributed by atoms with Crippen LogP contribution in [0, 0.1) is 0 Å². The summed E-state index contributed by atoms with van der Waals surface area (Å²) in [6.45, 7) is 13.8. The first-order valence-electron chi connectivity index (χ1n) is 6.81. The zero-order chi connectivity index (χ0) is 14.8. The minimum atomic E-state index is -1.69. The van der Waals surface area contributed by atoms with Crippen molar-refractivity contribution in [2.45, 2.75) is 39.2 Å². The molecular formula is C11H31N3O3Si2. The molecule has 0 aliphatic rings. The SMILES string of the molecule is COCCCN[Si](C)(C)NOCCNO[Si](C)(C)C. The Morgan fingerprint density at radius 2 is 1.63 bits per heavy atom. The summed E-state index contributed by atoms with van der Waals surface area (Å²) in [5.41, 5.74) is 2.95. The molecule has 0 spiro atoms. The van der Waals surface area contributed by atoms with Crippen LogP contribution in [0.3, 0.4) is 0 Å². The molecule has 0 rings (SSSR count). The van der Waals surface area contributed by atoms with Crippen LogP contribution < -0.4 is 15.6 Å². The Morgan fingerprint density at radius 3 is 2.21 bits per heavy atom. The van der Waals surface area contributed by atoms with Gasteiger partial charge in [0.2, 0.25) is 16.7 Å². The number of rotatable bonds is 12. The quantitative estimate of drug-likeness (QED) is 0.286. The molecule has 0 bridgehead atoms. The second kappa shape index (κ2) is 10.00. The van der Waals surface area contributed by atoms with Crippen molar-refractivity contribution >= 4 is 16.7 Å². The van der Waals surface area contributed by atoms with Crippen molar-refractivity contribution in [3.63, 3.8) is 0 Å². The normalized spacial score (nSPS) is 12.9. The van der Waals surface area contributed by atoms with Crippen molar-refractivity contribution in [1.29, 1.82) is 0 Å². The van der Waals surface area contributed by atoms with Gasteiger partial charge in [-0.25, -0.2) is 10.6 Å². The van der Waals surface area contributed by atoms with Gasteiger partial charge in [0.1, 0.15) is 0 Å². The first-order valence-corrected chi connectivity index (χ1v) is 13.2. The maximum Gasteiger partial charge on any atom is 0.221 e. The summed E-state index contributed by atoms with van der Waals surface area (Å²) in [7, 11) is -1.45. The molecule has 0 aromatic carbocycles. The Bertz CT molecular complexity index is 226. The summed E-state index contributed by atoms with van der Waals surface area (Å²) in [4.78, 5) is 8.95. The molecule has 3 N–H and O–H groups in total. The van der Waals surface area contributed by atoms with Gasteiger partial charge in [-0.1, -0.05) is 0 Å². The average Bonchev–Trinajstić information content (AvgIpc) is 2.28. The lowest BCUT2D eigenvalue weighted by molar-refractivity contribution is 0.0630. The van der Waals surface area contributed by atoms with Crippen LogP contribution in [0.25, 0.3) is 0 Å². The highest BCUT2D eigenvalue weighted by molar-refractivity contribution is 6.72. The van der Waals surface area contributed by atoms with Gasteiger partial charge in [0.15, 0.2) is 0 Å².